The smallest absolute Gasteiger partial charge is 0.253 e. The van der Waals surface area contributed by atoms with Gasteiger partial charge in [-0.3, -0.25) is 9.78 Å². The van der Waals surface area contributed by atoms with Gasteiger partial charge in [0.25, 0.3) is 5.91 Å². The molecule has 1 unspecified atom stereocenters. The largest absolute Gasteiger partial charge is 0.506 e. The molecule has 19 heavy (non-hydrogen) atoms. The predicted molar refractivity (Wildman–Crippen MR) is 73.1 cm³/mol. The number of hydrogen-bond donors (Lipinski definition) is 2. The lowest BCUT2D eigenvalue weighted by atomic mass is 10.0. The van der Waals surface area contributed by atoms with Crippen LogP contribution in [0.5, 0.6) is 5.75 Å². The van der Waals surface area contributed by atoms with E-state index in [1.807, 2.05) is 30.3 Å². The molecular formula is C15H16N2O2. The number of pyridine rings is 1. The number of aromatic hydroxyl groups is 1. The monoisotopic (exact) mass is 256 g/mol. The Hall–Kier alpha value is -2.36. The van der Waals surface area contributed by atoms with Crippen LogP contribution in [0.15, 0.2) is 48.8 Å². The van der Waals surface area contributed by atoms with Crippen LogP contribution in [-0.4, -0.2) is 22.5 Å². The Morgan fingerprint density at radius 3 is 2.74 bits per heavy atom. The Morgan fingerprint density at radius 1 is 1.32 bits per heavy atom. The fourth-order valence-electron chi connectivity index (χ4n) is 1.80. The van der Waals surface area contributed by atoms with Gasteiger partial charge >= 0.3 is 0 Å². The minimum Gasteiger partial charge on any atom is -0.506 e. The Labute approximate surface area is 112 Å². The molecule has 4 heteroatoms. The summed E-state index contributed by atoms with van der Waals surface area (Å²) in [5, 5.41) is 12.1. The second kappa shape index (κ2) is 6.00. The quantitative estimate of drug-likeness (QED) is 0.882. The summed E-state index contributed by atoms with van der Waals surface area (Å²) >= 11 is 0. The molecule has 98 valence electrons. The molecule has 0 aliphatic heterocycles. The summed E-state index contributed by atoms with van der Waals surface area (Å²) < 4.78 is 0. The molecule has 0 saturated carbocycles. The average Bonchev–Trinajstić information content (AvgIpc) is 2.45. The van der Waals surface area contributed by atoms with E-state index < -0.39 is 0 Å². The van der Waals surface area contributed by atoms with Gasteiger partial charge in [0.2, 0.25) is 0 Å². The third-order valence-corrected chi connectivity index (χ3v) is 2.92. The topological polar surface area (TPSA) is 62.2 Å². The molecule has 4 nitrogen and oxygen atoms in total. The highest BCUT2D eigenvalue weighted by atomic mass is 16.3. The summed E-state index contributed by atoms with van der Waals surface area (Å²) in [6, 6.07) is 11.4. The van der Waals surface area contributed by atoms with Crippen LogP contribution >= 0.6 is 0 Å². The van der Waals surface area contributed by atoms with Gasteiger partial charge in [0, 0.05) is 12.7 Å². The number of carbonyl (C=O) groups is 1. The van der Waals surface area contributed by atoms with Gasteiger partial charge in [-0.2, -0.15) is 0 Å². The van der Waals surface area contributed by atoms with Crippen molar-refractivity contribution in [2.45, 2.75) is 12.8 Å². The maximum Gasteiger partial charge on any atom is 0.253 e. The third-order valence-electron chi connectivity index (χ3n) is 2.92. The summed E-state index contributed by atoms with van der Waals surface area (Å²) in [6.45, 7) is 2.59. The van der Waals surface area contributed by atoms with Crippen LogP contribution in [0.4, 0.5) is 0 Å². The van der Waals surface area contributed by atoms with Gasteiger partial charge in [0.1, 0.15) is 5.75 Å². The van der Waals surface area contributed by atoms with Crippen LogP contribution < -0.4 is 5.32 Å². The Bertz CT molecular complexity index is 555. The molecule has 1 aromatic heterocycles. The minimum absolute atomic E-state index is 0.0104. The number of aromatic nitrogens is 1. The van der Waals surface area contributed by atoms with Crippen molar-refractivity contribution in [3.8, 4) is 5.75 Å². The SMILES string of the molecule is CC(CNC(=O)c1cncc(O)c1)c1ccccc1. The molecule has 0 bridgehead atoms. The maximum atomic E-state index is 11.9. The highest BCUT2D eigenvalue weighted by molar-refractivity contribution is 5.94. The molecule has 1 amide bonds. The van der Waals surface area contributed by atoms with Crippen LogP contribution in [0.2, 0.25) is 0 Å². The second-order valence-electron chi connectivity index (χ2n) is 4.45. The summed E-state index contributed by atoms with van der Waals surface area (Å²) in [5.74, 6) is -0.00893. The van der Waals surface area contributed by atoms with Crippen LogP contribution in [-0.2, 0) is 0 Å². The zero-order valence-corrected chi connectivity index (χ0v) is 10.7. The van der Waals surface area contributed by atoms with Gasteiger partial charge in [-0.1, -0.05) is 37.3 Å². The third kappa shape index (κ3) is 3.55. The average molecular weight is 256 g/mol. The number of nitrogens with zero attached hydrogens (tertiary/aromatic N) is 1. The molecule has 0 aliphatic carbocycles. The normalized spacial score (nSPS) is 11.8. The lowest BCUT2D eigenvalue weighted by Crippen LogP contribution is -2.27. The van der Waals surface area contributed by atoms with Gasteiger partial charge in [-0.25, -0.2) is 0 Å². The molecule has 1 atom stereocenters. The van der Waals surface area contributed by atoms with Crippen molar-refractivity contribution in [1.82, 2.24) is 10.3 Å². The molecule has 2 aromatic rings. The zero-order chi connectivity index (χ0) is 13.7. The predicted octanol–water partition coefficient (Wildman–Crippen LogP) is 2.32. The molecule has 0 saturated heterocycles. The van der Waals surface area contributed by atoms with Gasteiger partial charge in [-0.15, -0.1) is 0 Å². The number of carbonyl (C=O) groups excluding carboxylic acids is 1. The number of rotatable bonds is 4. The Morgan fingerprint density at radius 2 is 2.05 bits per heavy atom. The molecule has 0 radical (unpaired) electrons. The highest BCUT2D eigenvalue weighted by Gasteiger charge is 2.10. The van der Waals surface area contributed by atoms with Crippen molar-refractivity contribution < 1.29 is 9.90 Å². The molecule has 1 heterocycles. The van der Waals surface area contributed by atoms with E-state index >= 15 is 0 Å². The Kier molecular flexibility index (Phi) is 4.13. The molecular weight excluding hydrogens is 240 g/mol. The zero-order valence-electron chi connectivity index (χ0n) is 10.7. The van der Waals surface area contributed by atoms with Crippen molar-refractivity contribution in [2.24, 2.45) is 0 Å². The standard InChI is InChI=1S/C15H16N2O2/c1-11(12-5-3-2-4-6-12)8-17-15(19)13-7-14(18)10-16-9-13/h2-7,9-11,18H,8H2,1H3,(H,17,19). The van der Waals surface area contributed by atoms with Gasteiger partial charge < -0.3 is 10.4 Å². The first kappa shape index (κ1) is 13.1. The van der Waals surface area contributed by atoms with Crippen molar-refractivity contribution in [2.75, 3.05) is 6.54 Å². The summed E-state index contributed by atoms with van der Waals surface area (Å²) in [6.07, 6.45) is 2.73. The summed E-state index contributed by atoms with van der Waals surface area (Å²) in [4.78, 5) is 15.7. The lowest BCUT2D eigenvalue weighted by Gasteiger charge is -2.13. The number of nitrogens with one attached hydrogen (secondary N) is 1. The van der Waals surface area contributed by atoms with Crippen LogP contribution in [0, 0.1) is 0 Å². The van der Waals surface area contributed by atoms with Gasteiger partial charge in [0.05, 0.1) is 11.8 Å². The van der Waals surface area contributed by atoms with Crippen molar-refractivity contribution in [1.29, 1.82) is 0 Å². The van der Waals surface area contributed by atoms with E-state index in [0.29, 0.717) is 12.1 Å². The fourth-order valence-corrected chi connectivity index (χ4v) is 1.80. The van der Waals surface area contributed by atoms with E-state index in [0.717, 1.165) is 0 Å². The first-order chi connectivity index (χ1) is 9.16. The molecule has 1 aromatic carbocycles. The van der Waals surface area contributed by atoms with Crippen molar-refractivity contribution >= 4 is 5.91 Å². The number of amides is 1. The highest BCUT2D eigenvalue weighted by Crippen LogP contribution is 2.13. The van der Waals surface area contributed by atoms with Crippen LogP contribution in [0.25, 0.3) is 0 Å². The second-order valence-corrected chi connectivity index (χ2v) is 4.45. The van der Waals surface area contributed by atoms with Crippen LogP contribution in [0.3, 0.4) is 0 Å². The molecule has 2 N–H and O–H groups in total. The van der Waals surface area contributed by atoms with Crippen molar-refractivity contribution in [3.63, 3.8) is 0 Å². The molecule has 0 fully saturated rings. The summed E-state index contributed by atoms with van der Waals surface area (Å²) in [7, 11) is 0. The first-order valence-corrected chi connectivity index (χ1v) is 6.14. The van der Waals surface area contributed by atoms with Crippen molar-refractivity contribution in [3.05, 3.63) is 59.9 Å². The maximum absolute atomic E-state index is 11.9. The van der Waals surface area contributed by atoms with E-state index in [4.69, 9.17) is 0 Å². The van der Waals surface area contributed by atoms with E-state index in [-0.39, 0.29) is 17.6 Å². The van der Waals surface area contributed by atoms with E-state index in [1.54, 1.807) is 0 Å². The minimum atomic E-state index is -0.230. The number of hydrogen-bond acceptors (Lipinski definition) is 3. The fraction of sp³-hybridized carbons (Fsp3) is 0.200. The number of benzene rings is 1. The Balaban J connectivity index is 1.94. The van der Waals surface area contributed by atoms with E-state index in [1.165, 1.54) is 24.0 Å². The van der Waals surface area contributed by atoms with E-state index in [2.05, 4.69) is 17.2 Å². The van der Waals surface area contributed by atoms with Crippen LogP contribution in [0.1, 0.15) is 28.8 Å². The summed E-state index contributed by atoms with van der Waals surface area (Å²) in [5.41, 5.74) is 1.54. The molecule has 0 spiro atoms. The van der Waals surface area contributed by atoms with Gasteiger partial charge in [0.15, 0.2) is 0 Å². The van der Waals surface area contributed by atoms with Gasteiger partial charge in [-0.05, 0) is 17.5 Å². The molecule has 0 aliphatic rings. The first-order valence-electron chi connectivity index (χ1n) is 6.14. The van der Waals surface area contributed by atoms with E-state index in [9.17, 15) is 9.90 Å². The lowest BCUT2D eigenvalue weighted by molar-refractivity contribution is 0.0951. The molecule has 2 rings (SSSR count).